The van der Waals surface area contributed by atoms with Gasteiger partial charge >= 0.3 is 5.97 Å². The number of hydrogen-bond acceptors (Lipinski definition) is 3. The van der Waals surface area contributed by atoms with Gasteiger partial charge in [0.25, 0.3) is 0 Å². The van der Waals surface area contributed by atoms with E-state index in [9.17, 15) is 9.59 Å². The van der Waals surface area contributed by atoms with E-state index < -0.39 is 16.8 Å². The summed E-state index contributed by atoms with van der Waals surface area (Å²) in [6.07, 6.45) is 0. The summed E-state index contributed by atoms with van der Waals surface area (Å²) in [6, 6.07) is 29.3. The average Bonchev–Trinajstić information content (AvgIpc) is 2.76. The van der Waals surface area contributed by atoms with Crippen molar-refractivity contribution in [3.63, 3.8) is 0 Å². The van der Waals surface area contributed by atoms with E-state index in [1.807, 2.05) is 54.6 Å². The van der Waals surface area contributed by atoms with Crippen LogP contribution in [0.2, 0.25) is 0 Å². The lowest BCUT2D eigenvalue weighted by atomic mass is 9.84. The Hall–Kier alpha value is -3.05. The number of carboxylic acids is 1. The predicted octanol–water partition coefficient (Wildman–Crippen LogP) is 4.30. The number of rotatable bonds is 8. The molecule has 0 aliphatic heterocycles. The second-order valence-corrected chi connectivity index (χ2v) is 7.89. The fourth-order valence-electron chi connectivity index (χ4n) is 3.29. The summed E-state index contributed by atoms with van der Waals surface area (Å²) in [6.45, 7) is 1.46. The molecule has 3 aromatic rings. The van der Waals surface area contributed by atoms with Crippen LogP contribution in [0.25, 0.3) is 0 Å². The number of hydrogen-bond donors (Lipinski definition) is 2. The molecule has 29 heavy (non-hydrogen) atoms. The lowest BCUT2D eigenvalue weighted by Crippen LogP contribution is -2.40. The lowest BCUT2D eigenvalue weighted by molar-refractivity contribution is -0.140. The first kappa shape index (κ1) is 20.7. The molecule has 1 amide bonds. The van der Waals surface area contributed by atoms with E-state index in [-0.39, 0.29) is 11.7 Å². The van der Waals surface area contributed by atoms with Crippen LogP contribution in [0, 0.1) is 0 Å². The molecule has 0 aromatic heterocycles. The molecule has 2 N–H and O–H groups in total. The minimum atomic E-state index is -1.05. The van der Waals surface area contributed by atoms with E-state index in [1.54, 1.807) is 0 Å². The van der Waals surface area contributed by atoms with Gasteiger partial charge in [-0.05, 0) is 23.6 Å². The smallest absolute Gasteiger partial charge is 0.325 e. The number of carbonyl (C=O) groups excluding carboxylic acids is 1. The van der Waals surface area contributed by atoms with Crippen LogP contribution < -0.4 is 5.32 Å². The van der Waals surface area contributed by atoms with Gasteiger partial charge in [-0.1, -0.05) is 91.0 Å². The minimum absolute atomic E-state index is 0.121. The number of nitrogens with one attached hydrogen (secondary N) is 1. The third-order valence-electron chi connectivity index (χ3n) is 4.71. The van der Waals surface area contributed by atoms with Crippen LogP contribution in [0.4, 0.5) is 0 Å². The molecule has 5 heteroatoms. The molecule has 0 aliphatic carbocycles. The van der Waals surface area contributed by atoms with Gasteiger partial charge in [0.1, 0.15) is 6.04 Å². The summed E-state index contributed by atoms with van der Waals surface area (Å²) in [5, 5.41) is 11.6. The van der Waals surface area contributed by atoms with Crippen LogP contribution >= 0.6 is 11.8 Å². The molecule has 0 unspecified atom stereocenters. The second kappa shape index (κ2) is 9.43. The first-order valence-corrected chi connectivity index (χ1v) is 10.4. The Morgan fingerprint density at radius 3 is 1.55 bits per heavy atom. The molecule has 0 heterocycles. The van der Waals surface area contributed by atoms with E-state index in [0.29, 0.717) is 0 Å². The Morgan fingerprint density at radius 1 is 0.828 bits per heavy atom. The van der Waals surface area contributed by atoms with Crippen molar-refractivity contribution in [3.05, 3.63) is 108 Å². The molecule has 4 nitrogen and oxygen atoms in total. The minimum Gasteiger partial charge on any atom is -0.480 e. The number of amides is 1. The zero-order valence-electron chi connectivity index (χ0n) is 16.1. The largest absolute Gasteiger partial charge is 0.480 e. The fourth-order valence-corrected chi connectivity index (χ4v) is 4.63. The monoisotopic (exact) mass is 405 g/mol. The van der Waals surface area contributed by atoms with E-state index in [0.717, 1.165) is 16.7 Å². The number of aliphatic carboxylic acids is 1. The molecule has 3 rings (SSSR count). The molecular weight excluding hydrogens is 382 g/mol. The van der Waals surface area contributed by atoms with Crippen LogP contribution in [-0.2, 0) is 14.3 Å². The molecule has 0 fully saturated rings. The van der Waals surface area contributed by atoms with Gasteiger partial charge in [-0.25, -0.2) is 0 Å². The number of benzene rings is 3. The van der Waals surface area contributed by atoms with Crippen molar-refractivity contribution < 1.29 is 14.7 Å². The summed E-state index contributed by atoms with van der Waals surface area (Å²) in [4.78, 5) is 23.6. The van der Waals surface area contributed by atoms with Crippen LogP contribution in [0.1, 0.15) is 23.6 Å². The standard InChI is InChI=1S/C24H23NO3S/c1-18(23(27)28)25-22(26)17-29-24(19-11-5-2-6-12-19,20-13-7-3-8-14-20)21-15-9-4-10-16-21/h2-16,18H,17H2,1H3,(H,25,26)(H,27,28)/t18-/m0/s1. The average molecular weight is 406 g/mol. The fraction of sp³-hybridized carbons (Fsp3) is 0.167. The van der Waals surface area contributed by atoms with Crippen molar-refractivity contribution in [2.24, 2.45) is 0 Å². The number of thioether (sulfide) groups is 1. The van der Waals surface area contributed by atoms with Gasteiger partial charge in [0.05, 0.1) is 10.5 Å². The normalized spacial score (nSPS) is 12.2. The predicted molar refractivity (Wildman–Crippen MR) is 117 cm³/mol. The van der Waals surface area contributed by atoms with Crippen molar-refractivity contribution in [3.8, 4) is 0 Å². The number of carbonyl (C=O) groups is 2. The molecule has 3 aromatic carbocycles. The molecule has 1 atom stereocenters. The van der Waals surface area contributed by atoms with Gasteiger partial charge in [-0.2, -0.15) is 0 Å². The maximum Gasteiger partial charge on any atom is 0.325 e. The summed E-state index contributed by atoms with van der Waals surface area (Å²) >= 11 is 1.49. The molecule has 0 aliphatic rings. The van der Waals surface area contributed by atoms with Gasteiger partial charge in [0.15, 0.2) is 0 Å². The third kappa shape index (κ3) is 4.69. The summed E-state index contributed by atoms with van der Waals surface area (Å²) < 4.78 is -0.604. The van der Waals surface area contributed by atoms with Gasteiger partial charge in [-0.15, -0.1) is 11.8 Å². The van der Waals surface area contributed by atoms with Crippen molar-refractivity contribution in [2.75, 3.05) is 5.75 Å². The van der Waals surface area contributed by atoms with Crippen molar-refractivity contribution in [1.82, 2.24) is 5.32 Å². The Kier molecular flexibility index (Phi) is 6.73. The Morgan fingerprint density at radius 2 is 1.21 bits per heavy atom. The third-order valence-corrected chi connectivity index (χ3v) is 6.26. The summed E-state index contributed by atoms with van der Waals surface area (Å²) in [5.41, 5.74) is 3.17. The Bertz CT molecular complexity index is 849. The maximum atomic E-state index is 12.5. The molecule has 0 radical (unpaired) electrons. The van der Waals surface area contributed by atoms with E-state index in [2.05, 4.69) is 41.7 Å². The quantitative estimate of drug-likeness (QED) is 0.549. The van der Waals surface area contributed by atoms with E-state index in [4.69, 9.17) is 5.11 Å². The van der Waals surface area contributed by atoms with Crippen molar-refractivity contribution in [1.29, 1.82) is 0 Å². The van der Waals surface area contributed by atoms with Crippen LogP contribution in [0.15, 0.2) is 91.0 Å². The summed E-state index contributed by atoms with van der Waals surface area (Å²) in [7, 11) is 0. The topological polar surface area (TPSA) is 66.4 Å². The van der Waals surface area contributed by atoms with Gasteiger partial charge in [0.2, 0.25) is 5.91 Å². The maximum absolute atomic E-state index is 12.5. The van der Waals surface area contributed by atoms with Gasteiger partial charge < -0.3 is 10.4 Å². The van der Waals surface area contributed by atoms with Crippen LogP contribution in [0.5, 0.6) is 0 Å². The lowest BCUT2D eigenvalue weighted by Gasteiger charge is -2.35. The SMILES string of the molecule is C[C@H](NC(=O)CSC(c1ccccc1)(c1ccccc1)c1ccccc1)C(=O)O. The first-order chi connectivity index (χ1) is 14.0. The van der Waals surface area contributed by atoms with Crippen LogP contribution in [0.3, 0.4) is 0 Å². The van der Waals surface area contributed by atoms with E-state index in [1.165, 1.54) is 18.7 Å². The summed E-state index contributed by atoms with van der Waals surface area (Å²) in [5.74, 6) is -1.24. The molecular formula is C24H23NO3S. The zero-order valence-corrected chi connectivity index (χ0v) is 16.9. The van der Waals surface area contributed by atoms with Gasteiger partial charge in [-0.3, -0.25) is 9.59 Å². The highest BCUT2D eigenvalue weighted by atomic mass is 32.2. The molecule has 0 spiro atoms. The Balaban J connectivity index is 2.05. The molecule has 148 valence electrons. The van der Waals surface area contributed by atoms with E-state index >= 15 is 0 Å². The number of carboxylic acid groups (broad SMARTS) is 1. The molecule has 0 saturated carbocycles. The highest BCUT2D eigenvalue weighted by Crippen LogP contribution is 2.48. The van der Waals surface area contributed by atoms with Crippen LogP contribution in [-0.4, -0.2) is 28.8 Å². The first-order valence-electron chi connectivity index (χ1n) is 9.36. The highest BCUT2D eigenvalue weighted by molar-refractivity contribution is 8.01. The Labute approximate surface area is 175 Å². The van der Waals surface area contributed by atoms with Crippen molar-refractivity contribution in [2.45, 2.75) is 17.7 Å². The zero-order chi connectivity index (χ0) is 20.7. The van der Waals surface area contributed by atoms with Crippen molar-refractivity contribution >= 4 is 23.6 Å². The molecule has 0 saturated heterocycles. The van der Waals surface area contributed by atoms with Gasteiger partial charge in [0, 0.05) is 0 Å². The second-order valence-electron chi connectivity index (χ2n) is 6.70. The molecule has 0 bridgehead atoms. The highest BCUT2D eigenvalue weighted by Gasteiger charge is 2.37.